The zero-order valence-corrected chi connectivity index (χ0v) is 13.2. The lowest BCUT2D eigenvalue weighted by Crippen LogP contribution is -2.25. The number of hydrogen-bond acceptors (Lipinski definition) is 3. The zero-order valence-electron chi connectivity index (χ0n) is 13.2. The molecule has 2 aromatic rings. The lowest BCUT2D eigenvalue weighted by Gasteiger charge is -2.07. The highest BCUT2D eigenvalue weighted by Gasteiger charge is 2.50. The molecule has 0 spiro atoms. The van der Waals surface area contributed by atoms with Gasteiger partial charge in [0.15, 0.2) is 5.69 Å². The van der Waals surface area contributed by atoms with E-state index in [1.807, 2.05) is 24.3 Å². The van der Waals surface area contributed by atoms with E-state index in [1.165, 1.54) is 23.6 Å². The van der Waals surface area contributed by atoms with Crippen LogP contribution in [0.3, 0.4) is 0 Å². The van der Waals surface area contributed by atoms with E-state index < -0.39 is 5.97 Å². The molecule has 2 aliphatic carbocycles. The van der Waals surface area contributed by atoms with Crippen molar-refractivity contribution in [2.24, 2.45) is 17.8 Å². The van der Waals surface area contributed by atoms with Gasteiger partial charge in [0.2, 0.25) is 5.91 Å². The van der Waals surface area contributed by atoms with Gasteiger partial charge in [0.05, 0.1) is 5.69 Å². The number of carbonyl (C=O) groups is 2. The summed E-state index contributed by atoms with van der Waals surface area (Å²) >= 11 is 0. The molecule has 0 aliphatic heterocycles. The second-order valence-electron chi connectivity index (χ2n) is 6.68. The third-order valence-corrected chi connectivity index (χ3v) is 4.85. The van der Waals surface area contributed by atoms with Gasteiger partial charge in [0, 0.05) is 18.7 Å². The fourth-order valence-electron chi connectivity index (χ4n) is 3.27. The van der Waals surface area contributed by atoms with Crippen molar-refractivity contribution < 1.29 is 14.7 Å². The van der Waals surface area contributed by atoms with E-state index in [1.54, 1.807) is 6.20 Å². The lowest BCUT2D eigenvalue weighted by atomic mass is 10.2. The third-order valence-electron chi connectivity index (χ3n) is 4.85. The number of amides is 1. The first-order valence-electron chi connectivity index (χ1n) is 8.28. The molecule has 6 nitrogen and oxygen atoms in total. The predicted molar refractivity (Wildman–Crippen MR) is 86.7 cm³/mol. The summed E-state index contributed by atoms with van der Waals surface area (Å²) < 4.78 is 1.53. The Hall–Kier alpha value is -2.63. The molecule has 0 radical (unpaired) electrons. The van der Waals surface area contributed by atoms with E-state index in [4.69, 9.17) is 5.11 Å². The van der Waals surface area contributed by atoms with Crippen LogP contribution in [0.4, 0.5) is 0 Å². The molecular weight excluding hydrogens is 306 g/mol. The van der Waals surface area contributed by atoms with Crippen molar-refractivity contribution in [1.82, 2.24) is 15.1 Å². The van der Waals surface area contributed by atoms with Crippen molar-refractivity contribution in [3.05, 3.63) is 47.8 Å². The van der Waals surface area contributed by atoms with E-state index >= 15 is 0 Å². The highest BCUT2D eigenvalue weighted by molar-refractivity contribution is 5.85. The van der Waals surface area contributed by atoms with Gasteiger partial charge in [-0.05, 0) is 54.9 Å². The molecule has 124 valence electrons. The number of rotatable bonds is 6. The molecular formula is C18H19N3O3. The van der Waals surface area contributed by atoms with E-state index in [0.717, 1.165) is 23.6 Å². The summed E-state index contributed by atoms with van der Waals surface area (Å²) in [6, 6.07) is 9.04. The van der Waals surface area contributed by atoms with Gasteiger partial charge in [-0.25, -0.2) is 9.48 Å². The number of aromatic nitrogens is 2. The van der Waals surface area contributed by atoms with Crippen LogP contribution in [0.15, 0.2) is 36.5 Å². The SMILES string of the molecule is O=C(O)c1ccn(-c2cccc(CNC(=O)C3CC3C3CC3)c2)n1. The average molecular weight is 325 g/mol. The number of carbonyl (C=O) groups excluding carboxylic acids is 1. The Morgan fingerprint density at radius 2 is 2.12 bits per heavy atom. The Bertz CT molecular complexity index is 794. The van der Waals surface area contributed by atoms with Crippen LogP contribution < -0.4 is 5.32 Å². The highest BCUT2D eigenvalue weighted by Crippen LogP contribution is 2.54. The van der Waals surface area contributed by atoms with Crippen molar-refractivity contribution in [1.29, 1.82) is 0 Å². The van der Waals surface area contributed by atoms with Crippen LogP contribution in [0, 0.1) is 17.8 Å². The monoisotopic (exact) mass is 325 g/mol. The molecule has 4 rings (SSSR count). The Labute approximate surface area is 139 Å². The number of nitrogens with one attached hydrogen (secondary N) is 1. The zero-order chi connectivity index (χ0) is 16.7. The first-order valence-corrected chi connectivity index (χ1v) is 8.28. The molecule has 1 heterocycles. The second-order valence-corrected chi connectivity index (χ2v) is 6.68. The maximum Gasteiger partial charge on any atom is 0.356 e. The summed E-state index contributed by atoms with van der Waals surface area (Å²) in [5.74, 6) is 0.739. The van der Waals surface area contributed by atoms with Crippen LogP contribution >= 0.6 is 0 Å². The van der Waals surface area contributed by atoms with Crippen LogP contribution in [-0.2, 0) is 11.3 Å². The smallest absolute Gasteiger partial charge is 0.356 e. The Morgan fingerprint density at radius 3 is 2.83 bits per heavy atom. The molecule has 2 N–H and O–H groups in total. The molecule has 2 atom stereocenters. The average Bonchev–Trinajstić information content (AvgIpc) is 3.48. The van der Waals surface area contributed by atoms with Crippen molar-refractivity contribution in [3.8, 4) is 5.69 Å². The summed E-state index contributed by atoms with van der Waals surface area (Å²) in [6.07, 6.45) is 5.24. The van der Waals surface area contributed by atoms with Crippen molar-refractivity contribution in [2.45, 2.75) is 25.8 Å². The van der Waals surface area contributed by atoms with Gasteiger partial charge in [-0.3, -0.25) is 4.79 Å². The standard InChI is InChI=1S/C18H19N3O3/c22-17(15-9-14(15)12-4-5-12)19-10-11-2-1-3-13(8-11)21-7-6-16(20-21)18(23)24/h1-3,6-8,12,14-15H,4-5,9-10H2,(H,19,22)(H,23,24). The van der Waals surface area contributed by atoms with Gasteiger partial charge in [-0.2, -0.15) is 5.10 Å². The first-order chi connectivity index (χ1) is 11.6. The molecule has 2 saturated carbocycles. The number of carboxylic acids is 1. The molecule has 2 unspecified atom stereocenters. The van der Waals surface area contributed by atoms with Crippen LogP contribution in [0.2, 0.25) is 0 Å². The molecule has 0 saturated heterocycles. The molecule has 24 heavy (non-hydrogen) atoms. The van der Waals surface area contributed by atoms with E-state index in [2.05, 4.69) is 10.4 Å². The van der Waals surface area contributed by atoms with Crippen LogP contribution in [0.1, 0.15) is 35.3 Å². The molecule has 1 aromatic heterocycles. The van der Waals surface area contributed by atoms with E-state index in [0.29, 0.717) is 12.5 Å². The normalized spacial score (nSPS) is 22.2. The van der Waals surface area contributed by atoms with Crippen molar-refractivity contribution >= 4 is 11.9 Å². The third kappa shape index (κ3) is 3.04. The Balaban J connectivity index is 1.39. The summed E-state index contributed by atoms with van der Waals surface area (Å²) in [6.45, 7) is 0.480. The van der Waals surface area contributed by atoms with E-state index in [-0.39, 0.29) is 17.5 Å². The van der Waals surface area contributed by atoms with Crippen molar-refractivity contribution in [3.63, 3.8) is 0 Å². The number of aromatic carboxylic acids is 1. The first kappa shape index (κ1) is 14.9. The van der Waals surface area contributed by atoms with E-state index in [9.17, 15) is 9.59 Å². The molecule has 6 heteroatoms. The predicted octanol–water partition coefficient (Wildman–Crippen LogP) is 2.23. The maximum absolute atomic E-state index is 12.2. The van der Waals surface area contributed by atoms with Crippen LogP contribution in [0.25, 0.3) is 5.69 Å². The van der Waals surface area contributed by atoms with Crippen molar-refractivity contribution in [2.75, 3.05) is 0 Å². The van der Waals surface area contributed by atoms with Gasteiger partial charge in [0.1, 0.15) is 0 Å². The number of hydrogen-bond donors (Lipinski definition) is 2. The molecule has 2 aliphatic rings. The minimum Gasteiger partial charge on any atom is -0.476 e. The quantitative estimate of drug-likeness (QED) is 0.853. The van der Waals surface area contributed by atoms with Crippen LogP contribution in [-0.4, -0.2) is 26.8 Å². The topological polar surface area (TPSA) is 84.2 Å². The number of benzene rings is 1. The molecule has 0 bridgehead atoms. The molecule has 1 amide bonds. The fraction of sp³-hybridized carbons (Fsp3) is 0.389. The van der Waals surface area contributed by atoms with Gasteiger partial charge in [-0.1, -0.05) is 12.1 Å². The lowest BCUT2D eigenvalue weighted by molar-refractivity contribution is -0.122. The highest BCUT2D eigenvalue weighted by atomic mass is 16.4. The van der Waals surface area contributed by atoms with Gasteiger partial charge >= 0.3 is 5.97 Å². The Kier molecular flexibility index (Phi) is 3.59. The molecule has 1 aromatic carbocycles. The number of nitrogens with zero attached hydrogens (tertiary/aromatic N) is 2. The van der Waals surface area contributed by atoms with Gasteiger partial charge < -0.3 is 10.4 Å². The summed E-state index contributed by atoms with van der Waals surface area (Å²) in [4.78, 5) is 23.1. The van der Waals surface area contributed by atoms with Gasteiger partial charge in [-0.15, -0.1) is 0 Å². The minimum atomic E-state index is -1.05. The number of carboxylic acid groups (broad SMARTS) is 1. The van der Waals surface area contributed by atoms with Gasteiger partial charge in [0.25, 0.3) is 0 Å². The summed E-state index contributed by atoms with van der Waals surface area (Å²) in [5, 5.41) is 16.0. The fourth-order valence-corrected chi connectivity index (χ4v) is 3.27. The second kappa shape index (κ2) is 5.78. The Morgan fingerprint density at radius 1 is 1.29 bits per heavy atom. The summed E-state index contributed by atoms with van der Waals surface area (Å²) in [7, 11) is 0. The maximum atomic E-state index is 12.2. The molecule has 2 fully saturated rings. The van der Waals surface area contributed by atoms with Crippen LogP contribution in [0.5, 0.6) is 0 Å². The minimum absolute atomic E-state index is 0.00792. The summed E-state index contributed by atoms with van der Waals surface area (Å²) in [5.41, 5.74) is 1.75. The largest absolute Gasteiger partial charge is 0.476 e.